The third kappa shape index (κ3) is 6.41. The number of rotatable bonds is 8. The Kier molecular flexibility index (Phi) is 7.81. The summed E-state index contributed by atoms with van der Waals surface area (Å²) in [5.74, 6) is 0.900. The first-order valence-corrected chi connectivity index (χ1v) is 8.75. The van der Waals surface area contributed by atoms with Gasteiger partial charge in [-0.2, -0.15) is 0 Å². The van der Waals surface area contributed by atoms with Gasteiger partial charge in [-0.15, -0.1) is 0 Å². The van der Waals surface area contributed by atoms with Gasteiger partial charge in [0.1, 0.15) is 0 Å². The molecule has 2 N–H and O–H groups in total. The molecule has 0 saturated carbocycles. The maximum atomic E-state index is 4.66. The first-order valence-electron chi connectivity index (χ1n) is 8.75. The summed E-state index contributed by atoms with van der Waals surface area (Å²) in [7, 11) is 0. The van der Waals surface area contributed by atoms with E-state index in [1.165, 1.54) is 16.7 Å². The SMILES string of the molecule is CCNC(=NCCCc1ccccc1)NCCc1ccncc1C. The Balaban J connectivity index is 1.75. The number of benzene rings is 1. The van der Waals surface area contributed by atoms with Crippen LogP contribution in [0.3, 0.4) is 0 Å². The van der Waals surface area contributed by atoms with E-state index in [0.717, 1.165) is 44.9 Å². The van der Waals surface area contributed by atoms with Crippen molar-refractivity contribution in [3.8, 4) is 0 Å². The van der Waals surface area contributed by atoms with E-state index in [-0.39, 0.29) is 0 Å². The normalized spacial score (nSPS) is 11.3. The van der Waals surface area contributed by atoms with Crippen molar-refractivity contribution in [1.82, 2.24) is 15.6 Å². The van der Waals surface area contributed by atoms with E-state index >= 15 is 0 Å². The van der Waals surface area contributed by atoms with Gasteiger partial charge in [0.25, 0.3) is 0 Å². The Bertz CT molecular complexity index is 623. The number of aryl methyl sites for hydroxylation is 2. The van der Waals surface area contributed by atoms with Crippen molar-refractivity contribution in [3.05, 3.63) is 65.5 Å². The lowest BCUT2D eigenvalue weighted by atomic mass is 10.1. The fourth-order valence-corrected chi connectivity index (χ4v) is 2.56. The number of guanidine groups is 1. The predicted molar refractivity (Wildman–Crippen MR) is 101 cm³/mol. The molecule has 0 aliphatic rings. The second kappa shape index (κ2) is 10.4. The van der Waals surface area contributed by atoms with Gasteiger partial charge in [0.05, 0.1) is 0 Å². The van der Waals surface area contributed by atoms with Crippen molar-refractivity contribution >= 4 is 5.96 Å². The smallest absolute Gasteiger partial charge is 0.191 e. The highest BCUT2D eigenvalue weighted by Crippen LogP contribution is 2.05. The van der Waals surface area contributed by atoms with E-state index in [9.17, 15) is 0 Å². The highest BCUT2D eigenvalue weighted by molar-refractivity contribution is 5.79. The Morgan fingerprint density at radius 2 is 1.92 bits per heavy atom. The van der Waals surface area contributed by atoms with Crippen LogP contribution in [-0.4, -0.2) is 30.6 Å². The molecular weight excluding hydrogens is 296 g/mol. The van der Waals surface area contributed by atoms with Gasteiger partial charge in [0, 0.05) is 32.0 Å². The minimum absolute atomic E-state index is 0.832. The zero-order valence-electron chi connectivity index (χ0n) is 14.8. The molecule has 0 bridgehead atoms. The molecule has 4 nitrogen and oxygen atoms in total. The number of hydrogen-bond donors (Lipinski definition) is 2. The van der Waals surface area contributed by atoms with Gasteiger partial charge >= 0.3 is 0 Å². The first-order chi connectivity index (χ1) is 11.8. The molecule has 0 spiro atoms. The summed E-state index contributed by atoms with van der Waals surface area (Å²) in [6.07, 6.45) is 6.87. The van der Waals surface area contributed by atoms with Crippen LogP contribution in [0.1, 0.15) is 30.0 Å². The molecule has 0 aliphatic carbocycles. The summed E-state index contributed by atoms with van der Waals surface area (Å²) in [6, 6.07) is 12.7. The molecule has 0 atom stereocenters. The van der Waals surface area contributed by atoms with Crippen molar-refractivity contribution in [3.63, 3.8) is 0 Å². The summed E-state index contributed by atoms with van der Waals surface area (Å²) in [4.78, 5) is 8.80. The number of aliphatic imine (C=N–C) groups is 1. The number of hydrogen-bond acceptors (Lipinski definition) is 2. The van der Waals surface area contributed by atoms with E-state index in [1.54, 1.807) is 0 Å². The second-order valence-corrected chi connectivity index (χ2v) is 5.83. The summed E-state index contributed by atoms with van der Waals surface area (Å²) in [6.45, 7) is 6.77. The van der Waals surface area contributed by atoms with Gasteiger partial charge in [-0.25, -0.2) is 0 Å². The fraction of sp³-hybridized carbons (Fsp3) is 0.400. The molecule has 0 aliphatic heterocycles. The summed E-state index contributed by atoms with van der Waals surface area (Å²) in [5.41, 5.74) is 3.94. The molecule has 0 unspecified atom stereocenters. The van der Waals surface area contributed by atoms with E-state index in [2.05, 4.69) is 70.9 Å². The van der Waals surface area contributed by atoms with Gasteiger partial charge in [-0.1, -0.05) is 30.3 Å². The highest BCUT2D eigenvalue weighted by atomic mass is 15.2. The lowest BCUT2D eigenvalue weighted by molar-refractivity contribution is 0.775. The molecule has 128 valence electrons. The minimum Gasteiger partial charge on any atom is -0.357 e. The summed E-state index contributed by atoms with van der Waals surface area (Å²) in [5, 5.41) is 6.72. The van der Waals surface area contributed by atoms with Gasteiger partial charge in [0.2, 0.25) is 0 Å². The zero-order chi connectivity index (χ0) is 17.0. The molecule has 1 aromatic carbocycles. The maximum Gasteiger partial charge on any atom is 0.191 e. The standard InChI is InChI=1S/C20H28N4/c1-3-22-20(23-13-7-10-18-8-5-4-6-9-18)24-15-12-19-11-14-21-16-17(19)2/h4-6,8-9,11,14,16H,3,7,10,12-13,15H2,1-2H3,(H2,22,23,24). The molecule has 0 saturated heterocycles. The van der Waals surface area contributed by atoms with Crippen LogP contribution in [0.25, 0.3) is 0 Å². The Hall–Kier alpha value is -2.36. The number of aromatic nitrogens is 1. The minimum atomic E-state index is 0.832. The van der Waals surface area contributed by atoms with Crippen LogP contribution in [0.15, 0.2) is 53.8 Å². The van der Waals surface area contributed by atoms with Gasteiger partial charge in [-0.05, 0) is 55.9 Å². The average Bonchev–Trinajstić information content (AvgIpc) is 2.61. The largest absolute Gasteiger partial charge is 0.357 e. The van der Waals surface area contributed by atoms with Gasteiger partial charge in [0.15, 0.2) is 5.96 Å². The highest BCUT2D eigenvalue weighted by Gasteiger charge is 2.00. The quantitative estimate of drug-likeness (QED) is 0.446. The molecular formula is C20H28N4. The number of nitrogens with zero attached hydrogens (tertiary/aromatic N) is 2. The lowest BCUT2D eigenvalue weighted by Gasteiger charge is -2.12. The average molecular weight is 324 g/mol. The van der Waals surface area contributed by atoms with Gasteiger partial charge in [-0.3, -0.25) is 9.98 Å². The molecule has 1 heterocycles. The van der Waals surface area contributed by atoms with Crippen LogP contribution in [0, 0.1) is 6.92 Å². The van der Waals surface area contributed by atoms with Crippen LogP contribution < -0.4 is 10.6 Å². The Morgan fingerprint density at radius 3 is 2.67 bits per heavy atom. The molecule has 1 aromatic heterocycles. The van der Waals surface area contributed by atoms with Crippen molar-refractivity contribution in [2.75, 3.05) is 19.6 Å². The van der Waals surface area contributed by atoms with Crippen LogP contribution >= 0.6 is 0 Å². The predicted octanol–water partition coefficient (Wildman–Crippen LogP) is 3.12. The van der Waals surface area contributed by atoms with Crippen LogP contribution in [0.4, 0.5) is 0 Å². The third-order valence-corrected chi connectivity index (χ3v) is 3.90. The number of nitrogens with one attached hydrogen (secondary N) is 2. The van der Waals surface area contributed by atoms with Crippen LogP contribution in [0.2, 0.25) is 0 Å². The van der Waals surface area contributed by atoms with Gasteiger partial charge < -0.3 is 10.6 Å². The first kappa shape index (κ1) is 18.0. The Morgan fingerprint density at radius 1 is 1.08 bits per heavy atom. The van der Waals surface area contributed by atoms with Crippen molar-refractivity contribution in [2.45, 2.75) is 33.1 Å². The lowest BCUT2D eigenvalue weighted by Crippen LogP contribution is -2.38. The third-order valence-electron chi connectivity index (χ3n) is 3.90. The zero-order valence-corrected chi connectivity index (χ0v) is 14.8. The van der Waals surface area contributed by atoms with Crippen LogP contribution in [-0.2, 0) is 12.8 Å². The topological polar surface area (TPSA) is 49.3 Å². The summed E-state index contributed by atoms with van der Waals surface area (Å²) < 4.78 is 0. The molecule has 4 heteroatoms. The molecule has 0 radical (unpaired) electrons. The van der Waals surface area contributed by atoms with Crippen molar-refractivity contribution in [1.29, 1.82) is 0 Å². The van der Waals surface area contributed by atoms with Crippen molar-refractivity contribution < 1.29 is 0 Å². The molecule has 2 rings (SSSR count). The van der Waals surface area contributed by atoms with E-state index in [0.29, 0.717) is 0 Å². The fourth-order valence-electron chi connectivity index (χ4n) is 2.56. The molecule has 0 amide bonds. The number of pyridine rings is 1. The molecule has 2 aromatic rings. The van der Waals surface area contributed by atoms with E-state index in [4.69, 9.17) is 0 Å². The summed E-state index contributed by atoms with van der Waals surface area (Å²) >= 11 is 0. The molecule has 0 fully saturated rings. The molecule has 24 heavy (non-hydrogen) atoms. The van der Waals surface area contributed by atoms with Crippen molar-refractivity contribution in [2.24, 2.45) is 4.99 Å². The monoisotopic (exact) mass is 324 g/mol. The second-order valence-electron chi connectivity index (χ2n) is 5.83. The maximum absolute atomic E-state index is 4.66. The Labute approximate surface area is 145 Å². The van der Waals surface area contributed by atoms with E-state index < -0.39 is 0 Å². The van der Waals surface area contributed by atoms with Crippen LogP contribution in [0.5, 0.6) is 0 Å². The van der Waals surface area contributed by atoms with E-state index in [1.807, 2.05) is 12.4 Å².